The molecule has 1 aromatic rings. The van der Waals surface area contributed by atoms with E-state index in [0.29, 0.717) is 23.4 Å². The summed E-state index contributed by atoms with van der Waals surface area (Å²) in [5.74, 6) is 1.13. The molecule has 0 spiro atoms. The smallest absolute Gasteiger partial charge is 0.238 e. The van der Waals surface area contributed by atoms with E-state index in [-0.39, 0.29) is 12.0 Å². The number of benzene rings is 1. The van der Waals surface area contributed by atoms with Crippen molar-refractivity contribution in [3.8, 4) is 0 Å². The molecule has 1 saturated heterocycles. The van der Waals surface area contributed by atoms with Crippen LogP contribution in [0.2, 0.25) is 5.02 Å². The Hall–Kier alpha value is -1.10. The molecule has 21 heavy (non-hydrogen) atoms. The van der Waals surface area contributed by atoms with Gasteiger partial charge < -0.3 is 10.4 Å². The minimum atomic E-state index is -0.131. The average molecular weight is 309 g/mol. The summed E-state index contributed by atoms with van der Waals surface area (Å²) < 4.78 is 0. The van der Waals surface area contributed by atoms with Crippen molar-refractivity contribution in [3.05, 3.63) is 28.8 Å². The molecule has 3 rings (SSSR count). The molecule has 0 radical (unpaired) electrons. The summed E-state index contributed by atoms with van der Waals surface area (Å²) in [6, 6.07) is 5.51. The number of anilines is 1. The van der Waals surface area contributed by atoms with Gasteiger partial charge in [-0.1, -0.05) is 11.6 Å². The molecule has 1 aliphatic carbocycles. The van der Waals surface area contributed by atoms with Gasteiger partial charge in [-0.15, -0.1) is 0 Å². The van der Waals surface area contributed by atoms with Crippen molar-refractivity contribution in [2.45, 2.75) is 25.9 Å². The van der Waals surface area contributed by atoms with Crippen LogP contribution >= 0.6 is 11.6 Å². The molecule has 1 unspecified atom stereocenters. The minimum Gasteiger partial charge on any atom is -0.393 e. The molecule has 1 saturated carbocycles. The quantitative estimate of drug-likeness (QED) is 0.901. The number of aliphatic hydroxyl groups excluding tert-OH is 1. The summed E-state index contributed by atoms with van der Waals surface area (Å²) in [4.78, 5) is 14.3. The first-order valence-corrected chi connectivity index (χ1v) is 7.85. The van der Waals surface area contributed by atoms with E-state index in [0.717, 1.165) is 37.2 Å². The number of carbonyl (C=O) groups is 1. The molecule has 1 aliphatic heterocycles. The molecule has 114 valence electrons. The standard InChI is InChI=1S/C16H21ClN2O2/c1-10-4-13(2-3-15(10)17)18-16(21)9-19-7-11-5-14(20)6-12(11)8-19/h2-4,11-12,14,20H,5-9H2,1H3,(H,18,21)/t11-,12+,14?. The summed E-state index contributed by atoms with van der Waals surface area (Å²) >= 11 is 5.98. The Morgan fingerprint density at radius 2 is 2.05 bits per heavy atom. The van der Waals surface area contributed by atoms with Crippen molar-refractivity contribution in [1.29, 1.82) is 0 Å². The highest BCUT2D eigenvalue weighted by atomic mass is 35.5. The topological polar surface area (TPSA) is 52.6 Å². The Morgan fingerprint density at radius 3 is 2.67 bits per heavy atom. The molecule has 1 heterocycles. The molecule has 1 amide bonds. The van der Waals surface area contributed by atoms with Gasteiger partial charge in [-0.2, -0.15) is 0 Å². The fraction of sp³-hybridized carbons (Fsp3) is 0.562. The maximum Gasteiger partial charge on any atom is 0.238 e. The van der Waals surface area contributed by atoms with E-state index in [2.05, 4.69) is 10.2 Å². The number of likely N-dealkylation sites (tertiary alicyclic amines) is 1. The Morgan fingerprint density at radius 1 is 1.38 bits per heavy atom. The van der Waals surface area contributed by atoms with Crippen molar-refractivity contribution >= 4 is 23.2 Å². The van der Waals surface area contributed by atoms with Crippen LogP contribution in [-0.2, 0) is 4.79 Å². The molecule has 5 heteroatoms. The van der Waals surface area contributed by atoms with Crippen molar-refractivity contribution in [3.63, 3.8) is 0 Å². The van der Waals surface area contributed by atoms with E-state index in [9.17, 15) is 9.90 Å². The van der Waals surface area contributed by atoms with Gasteiger partial charge in [0.1, 0.15) is 0 Å². The number of hydrogen-bond donors (Lipinski definition) is 2. The number of amides is 1. The molecule has 2 N–H and O–H groups in total. The predicted molar refractivity (Wildman–Crippen MR) is 83.5 cm³/mol. The van der Waals surface area contributed by atoms with Gasteiger partial charge in [-0.25, -0.2) is 0 Å². The fourth-order valence-corrected chi connectivity index (χ4v) is 3.74. The zero-order valence-corrected chi connectivity index (χ0v) is 12.9. The number of hydrogen-bond acceptors (Lipinski definition) is 3. The molecule has 0 aromatic heterocycles. The SMILES string of the molecule is Cc1cc(NC(=O)CN2C[C@H]3CC(O)C[C@H]3C2)ccc1Cl. The lowest BCUT2D eigenvalue weighted by Gasteiger charge is -2.17. The van der Waals surface area contributed by atoms with Crippen molar-refractivity contribution in [2.24, 2.45) is 11.8 Å². The number of halogens is 1. The lowest BCUT2D eigenvalue weighted by atomic mass is 10.0. The predicted octanol–water partition coefficient (Wildman–Crippen LogP) is 2.29. The van der Waals surface area contributed by atoms with Crippen LogP contribution in [0, 0.1) is 18.8 Å². The first kappa shape index (κ1) is 14.8. The number of nitrogens with one attached hydrogen (secondary N) is 1. The Kier molecular flexibility index (Phi) is 4.20. The lowest BCUT2D eigenvalue weighted by molar-refractivity contribution is -0.117. The molecule has 2 aliphatic rings. The molecule has 3 atom stereocenters. The summed E-state index contributed by atoms with van der Waals surface area (Å²) in [5, 5.41) is 13.3. The normalized spacial score (nSPS) is 28.6. The van der Waals surface area contributed by atoms with Gasteiger partial charge in [0.25, 0.3) is 0 Å². The highest BCUT2D eigenvalue weighted by Gasteiger charge is 2.40. The maximum absolute atomic E-state index is 12.1. The lowest BCUT2D eigenvalue weighted by Crippen LogP contribution is -2.32. The third-order valence-electron chi connectivity index (χ3n) is 4.61. The first-order valence-electron chi connectivity index (χ1n) is 7.47. The van der Waals surface area contributed by atoms with Gasteiger partial charge in [0.2, 0.25) is 5.91 Å². The summed E-state index contributed by atoms with van der Waals surface area (Å²) in [7, 11) is 0. The number of carbonyl (C=O) groups excluding carboxylic acids is 1. The summed E-state index contributed by atoms with van der Waals surface area (Å²) in [6.07, 6.45) is 1.64. The summed E-state index contributed by atoms with van der Waals surface area (Å²) in [6.45, 7) is 4.19. The second-order valence-corrected chi connectivity index (χ2v) is 6.76. The van der Waals surface area contributed by atoms with E-state index in [1.54, 1.807) is 6.07 Å². The molecular weight excluding hydrogens is 288 g/mol. The van der Waals surface area contributed by atoms with Crippen LogP contribution in [0.4, 0.5) is 5.69 Å². The monoisotopic (exact) mass is 308 g/mol. The van der Waals surface area contributed by atoms with Gasteiger partial charge in [0.15, 0.2) is 0 Å². The van der Waals surface area contributed by atoms with Crippen LogP contribution in [-0.4, -0.2) is 41.7 Å². The van der Waals surface area contributed by atoms with E-state index >= 15 is 0 Å². The van der Waals surface area contributed by atoms with Gasteiger partial charge in [-0.05, 0) is 55.4 Å². The average Bonchev–Trinajstić information content (AvgIpc) is 2.90. The van der Waals surface area contributed by atoms with Gasteiger partial charge in [-0.3, -0.25) is 9.69 Å². The van der Waals surface area contributed by atoms with Crippen molar-refractivity contribution in [1.82, 2.24) is 4.90 Å². The Labute approximate surface area is 130 Å². The van der Waals surface area contributed by atoms with Crippen molar-refractivity contribution < 1.29 is 9.90 Å². The number of nitrogens with zero attached hydrogens (tertiary/aromatic N) is 1. The highest BCUT2D eigenvalue weighted by molar-refractivity contribution is 6.31. The molecule has 4 nitrogen and oxygen atoms in total. The van der Waals surface area contributed by atoms with E-state index in [1.165, 1.54) is 0 Å². The molecule has 2 fully saturated rings. The maximum atomic E-state index is 12.1. The van der Waals surface area contributed by atoms with E-state index < -0.39 is 0 Å². The molecule has 1 aromatic carbocycles. The van der Waals surface area contributed by atoms with Crippen molar-refractivity contribution in [2.75, 3.05) is 25.0 Å². The second-order valence-electron chi connectivity index (χ2n) is 6.35. The van der Waals surface area contributed by atoms with Crippen LogP contribution < -0.4 is 5.32 Å². The third kappa shape index (κ3) is 3.39. The molecular formula is C16H21ClN2O2. The number of fused-ring (bicyclic) bond motifs is 1. The van der Waals surface area contributed by atoms with Gasteiger partial charge in [0, 0.05) is 23.8 Å². The zero-order chi connectivity index (χ0) is 15.0. The van der Waals surface area contributed by atoms with Gasteiger partial charge >= 0.3 is 0 Å². The number of aryl methyl sites for hydroxylation is 1. The van der Waals surface area contributed by atoms with Crippen LogP contribution in [0.5, 0.6) is 0 Å². The van der Waals surface area contributed by atoms with E-state index in [4.69, 9.17) is 11.6 Å². The highest BCUT2D eigenvalue weighted by Crippen LogP contribution is 2.37. The van der Waals surface area contributed by atoms with E-state index in [1.807, 2.05) is 19.1 Å². The van der Waals surface area contributed by atoms with Crippen LogP contribution in [0.1, 0.15) is 18.4 Å². The third-order valence-corrected chi connectivity index (χ3v) is 5.03. The zero-order valence-electron chi connectivity index (χ0n) is 12.2. The number of rotatable bonds is 3. The first-order chi connectivity index (χ1) is 10.0. The largest absolute Gasteiger partial charge is 0.393 e. The second kappa shape index (κ2) is 5.95. The van der Waals surface area contributed by atoms with Crippen LogP contribution in [0.3, 0.4) is 0 Å². The minimum absolute atomic E-state index is 0.0113. The number of aliphatic hydroxyl groups is 1. The van der Waals surface area contributed by atoms with Crippen LogP contribution in [0.15, 0.2) is 18.2 Å². The fourth-order valence-electron chi connectivity index (χ4n) is 3.62. The van der Waals surface area contributed by atoms with Gasteiger partial charge in [0.05, 0.1) is 12.6 Å². The summed E-state index contributed by atoms with van der Waals surface area (Å²) in [5.41, 5.74) is 1.75. The molecule has 0 bridgehead atoms. The Bertz CT molecular complexity index is 535. The van der Waals surface area contributed by atoms with Crippen LogP contribution in [0.25, 0.3) is 0 Å². The Balaban J connectivity index is 1.52.